The highest BCUT2D eigenvalue weighted by atomic mass is 32.2. The molecule has 0 bridgehead atoms. The Morgan fingerprint density at radius 1 is 1.19 bits per heavy atom. The lowest BCUT2D eigenvalue weighted by molar-refractivity contribution is 0.0785. The van der Waals surface area contributed by atoms with Crippen LogP contribution < -0.4 is 4.72 Å². The minimum Gasteiger partial charge on any atom is -0.337 e. The summed E-state index contributed by atoms with van der Waals surface area (Å²) >= 11 is 1.67. The zero-order valence-corrected chi connectivity index (χ0v) is 16.4. The second-order valence-electron chi connectivity index (χ2n) is 6.43. The van der Waals surface area contributed by atoms with Crippen molar-refractivity contribution < 1.29 is 13.2 Å². The van der Waals surface area contributed by atoms with Gasteiger partial charge in [0.25, 0.3) is 5.91 Å². The maximum absolute atomic E-state index is 12.7. The van der Waals surface area contributed by atoms with Crippen molar-refractivity contribution in [1.29, 1.82) is 0 Å². The minimum absolute atomic E-state index is 0.0336. The molecule has 0 atom stereocenters. The number of sulfonamides is 1. The number of carbonyl (C=O) groups is 1. The van der Waals surface area contributed by atoms with Gasteiger partial charge in [-0.05, 0) is 55.0 Å². The van der Waals surface area contributed by atoms with Gasteiger partial charge in [-0.2, -0.15) is 0 Å². The van der Waals surface area contributed by atoms with Crippen molar-refractivity contribution in [2.75, 3.05) is 13.3 Å². The molecule has 3 rings (SSSR count). The van der Waals surface area contributed by atoms with Crippen LogP contribution >= 0.6 is 11.8 Å². The lowest BCUT2D eigenvalue weighted by Gasteiger charge is -2.18. The van der Waals surface area contributed by atoms with Gasteiger partial charge >= 0.3 is 0 Å². The highest BCUT2D eigenvalue weighted by Crippen LogP contribution is 2.23. The van der Waals surface area contributed by atoms with Gasteiger partial charge in [0.15, 0.2) is 0 Å². The number of rotatable bonds is 7. The predicted octanol–water partition coefficient (Wildman–Crippen LogP) is 3.12. The summed E-state index contributed by atoms with van der Waals surface area (Å²) in [6.07, 6.45) is 3.76. The zero-order valence-electron chi connectivity index (χ0n) is 14.8. The van der Waals surface area contributed by atoms with Crippen LogP contribution in [0.15, 0.2) is 58.3 Å². The maximum atomic E-state index is 12.7. The molecule has 26 heavy (non-hydrogen) atoms. The van der Waals surface area contributed by atoms with E-state index in [2.05, 4.69) is 4.72 Å². The highest BCUT2D eigenvalue weighted by molar-refractivity contribution is 7.98. The van der Waals surface area contributed by atoms with Gasteiger partial charge in [0.05, 0.1) is 4.90 Å². The van der Waals surface area contributed by atoms with Gasteiger partial charge in [0.2, 0.25) is 10.0 Å². The summed E-state index contributed by atoms with van der Waals surface area (Å²) in [7, 11) is -1.85. The molecule has 0 unspecified atom stereocenters. The van der Waals surface area contributed by atoms with Gasteiger partial charge in [0, 0.05) is 30.1 Å². The number of hydrogen-bond donors (Lipinski definition) is 1. The molecule has 1 amide bonds. The molecule has 5 nitrogen and oxygen atoms in total. The molecule has 1 aliphatic rings. The molecule has 1 fully saturated rings. The van der Waals surface area contributed by atoms with Gasteiger partial charge in [-0.25, -0.2) is 13.1 Å². The van der Waals surface area contributed by atoms with Crippen molar-refractivity contribution in [3.63, 3.8) is 0 Å². The van der Waals surface area contributed by atoms with E-state index in [9.17, 15) is 13.2 Å². The van der Waals surface area contributed by atoms with Crippen molar-refractivity contribution in [2.24, 2.45) is 0 Å². The van der Waals surface area contributed by atoms with Crippen LogP contribution in [0, 0.1) is 0 Å². The summed E-state index contributed by atoms with van der Waals surface area (Å²) in [6, 6.07) is 14.3. The second kappa shape index (κ2) is 7.82. The average molecular weight is 391 g/mol. The highest BCUT2D eigenvalue weighted by Gasteiger charge is 2.28. The first-order valence-corrected chi connectivity index (χ1v) is 11.1. The zero-order chi connectivity index (χ0) is 18.7. The average Bonchev–Trinajstić information content (AvgIpc) is 3.45. The summed E-state index contributed by atoms with van der Waals surface area (Å²) in [5.41, 5.74) is 1.39. The van der Waals surface area contributed by atoms with Crippen molar-refractivity contribution in [1.82, 2.24) is 9.62 Å². The van der Waals surface area contributed by atoms with Crippen LogP contribution in [0.4, 0.5) is 0 Å². The Bertz CT molecular complexity index is 891. The third-order valence-electron chi connectivity index (χ3n) is 4.22. The van der Waals surface area contributed by atoms with Crippen LogP contribution in [0.5, 0.6) is 0 Å². The molecule has 7 heteroatoms. The number of amides is 1. The number of thioether (sulfide) groups is 1. The fourth-order valence-electron chi connectivity index (χ4n) is 2.58. The molecule has 0 spiro atoms. The van der Waals surface area contributed by atoms with Crippen LogP contribution in [0.1, 0.15) is 28.8 Å². The van der Waals surface area contributed by atoms with E-state index in [4.69, 9.17) is 0 Å². The first-order valence-electron chi connectivity index (χ1n) is 8.40. The quantitative estimate of drug-likeness (QED) is 0.738. The van der Waals surface area contributed by atoms with Crippen LogP contribution in [0.2, 0.25) is 0 Å². The van der Waals surface area contributed by atoms with Crippen molar-refractivity contribution >= 4 is 27.7 Å². The number of nitrogens with one attached hydrogen (secondary N) is 1. The Labute approximate surface area is 158 Å². The molecule has 0 aliphatic heterocycles. The number of carbonyl (C=O) groups excluding carboxylic acids is 1. The van der Waals surface area contributed by atoms with E-state index in [0.717, 1.165) is 18.4 Å². The fraction of sp³-hybridized carbons (Fsp3) is 0.316. The van der Waals surface area contributed by atoms with Crippen LogP contribution in [0.3, 0.4) is 0 Å². The molecule has 0 saturated heterocycles. The lowest BCUT2D eigenvalue weighted by atomic mass is 10.1. The predicted molar refractivity (Wildman–Crippen MR) is 104 cm³/mol. The van der Waals surface area contributed by atoms with Gasteiger partial charge in [-0.3, -0.25) is 4.79 Å². The Hall–Kier alpha value is -1.83. The molecule has 1 aliphatic carbocycles. The topological polar surface area (TPSA) is 66.5 Å². The Balaban J connectivity index is 1.72. The summed E-state index contributed by atoms with van der Waals surface area (Å²) in [4.78, 5) is 15.6. The van der Waals surface area contributed by atoms with Gasteiger partial charge in [-0.15, -0.1) is 11.8 Å². The molecular formula is C19H22N2O3S2. The summed E-state index contributed by atoms with van der Waals surface area (Å²) in [5.74, 6) is -0.206. The van der Waals surface area contributed by atoms with E-state index in [1.165, 1.54) is 17.0 Å². The molecule has 2 aromatic carbocycles. The minimum atomic E-state index is -3.57. The first kappa shape index (κ1) is 18.9. The molecule has 1 saturated carbocycles. The van der Waals surface area contributed by atoms with Gasteiger partial charge in [0.1, 0.15) is 0 Å². The van der Waals surface area contributed by atoms with E-state index >= 15 is 0 Å². The van der Waals surface area contributed by atoms with E-state index < -0.39 is 10.0 Å². The van der Waals surface area contributed by atoms with Crippen LogP contribution in [0.25, 0.3) is 0 Å². The fourth-order valence-corrected chi connectivity index (χ4v) is 4.34. The Kier molecular flexibility index (Phi) is 5.70. The lowest BCUT2D eigenvalue weighted by Crippen LogP contribution is -2.28. The monoisotopic (exact) mass is 390 g/mol. The normalized spacial score (nSPS) is 14.2. The summed E-state index contributed by atoms with van der Waals surface area (Å²) in [5, 5.41) is 0. The van der Waals surface area contributed by atoms with Gasteiger partial charge in [-0.1, -0.05) is 18.2 Å². The molecule has 2 aromatic rings. The summed E-state index contributed by atoms with van der Waals surface area (Å²) < 4.78 is 27.3. The van der Waals surface area contributed by atoms with E-state index in [1.807, 2.05) is 30.5 Å². The van der Waals surface area contributed by atoms with Crippen molar-refractivity contribution in [3.8, 4) is 0 Å². The molecule has 0 aromatic heterocycles. The molecule has 0 heterocycles. The largest absolute Gasteiger partial charge is 0.337 e. The smallest absolute Gasteiger partial charge is 0.253 e. The van der Waals surface area contributed by atoms with Crippen molar-refractivity contribution in [2.45, 2.75) is 35.2 Å². The number of nitrogens with zero attached hydrogens (tertiary/aromatic N) is 1. The number of benzene rings is 2. The van der Waals surface area contributed by atoms with E-state index in [-0.39, 0.29) is 16.8 Å². The second-order valence-corrected chi connectivity index (χ2v) is 9.03. The van der Waals surface area contributed by atoms with E-state index in [0.29, 0.717) is 12.1 Å². The molecular weight excluding hydrogens is 368 g/mol. The SMILES string of the molecule is CSc1ccc(CN(C)C(=O)c2cccc(S(=O)(=O)NC3CC3)c2)cc1. The Morgan fingerprint density at radius 2 is 1.88 bits per heavy atom. The van der Waals surface area contributed by atoms with Gasteiger partial charge < -0.3 is 4.90 Å². The molecule has 1 N–H and O–H groups in total. The molecule has 138 valence electrons. The molecule has 0 radical (unpaired) electrons. The third kappa shape index (κ3) is 4.66. The van der Waals surface area contributed by atoms with E-state index in [1.54, 1.807) is 35.8 Å². The summed E-state index contributed by atoms with van der Waals surface area (Å²) in [6.45, 7) is 0.463. The number of hydrogen-bond acceptors (Lipinski definition) is 4. The van der Waals surface area contributed by atoms with Crippen molar-refractivity contribution in [3.05, 3.63) is 59.7 Å². The first-order chi connectivity index (χ1) is 12.4. The van der Waals surface area contributed by atoms with Crippen LogP contribution in [-0.2, 0) is 16.6 Å². The third-order valence-corrected chi connectivity index (χ3v) is 6.48. The standard InChI is InChI=1S/C19H22N2O3S2/c1-21(13-14-6-10-17(25-2)11-7-14)19(22)15-4-3-5-18(12-15)26(23,24)20-16-8-9-16/h3-7,10-12,16,20H,8-9,13H2,1-2H3. The maximum Gasteiger partial charge on any atom is 0.253 e. The van der Waals surface area contributed by atoms with Crippen LogP contribution in [-0.4, -0.2) is 38.6 Å². The Morgan fingerprint density at radius 3 is 2.50 bits per heavy atom.